The van der Waals surface area contributed by atoms with Crippen molar-refractivity contribution in [3.63, 3.8) is 0 Å². The van der Waals surface area contributed by atoms with E-state index < -0.39 is 17.2 Å². The number of nitrogens with one attached hydrogen (secondary N) is 2. The molecule has 0 atom stereocenters. The monoisotopic (exact) mass is 327 g/mol. The molecule has 0 fully saturated rings. The van der Waals surface area contributed by atoms with Crippen LogP contribution in [-0.4, -0.2) is 25.0 Å². The smallest absolute Gasteiger partial charge is 0.328 e. The Kier molecular flexibility index (Phi) is 3.80. The van der Waals surface area contributed by atoms with Crippen molar-refractivity contribution in [2.24, 2.45) is 14.1 Å². The Hall–Kier alpha value is -3.16. The summed E-state index contributed by atoms with van der Waals surface area (Å²) in [6.07, 6.45) is 1.22. The molecule has 0 aliphatic carbocycles. The van der Waals surface area contributed by atoms with Crippen LogP contribution >= 0.6 is 0 Å². The van der Waals surface area contributed by atoms with Crippen molar-refractivity contribution in [1.82, 2.24) is 24.4 Å². The quantitative estimate of drug-likeness (QED) is 0.717. The van der Waals surface area contributed by atoms with Crippen molar-refractivity contribution >= 4 is 16.9 Å². The maximum absolute atomic E-state index is 12.2. The summed E-state index contributed by atoms with van der Waals surface area (Å²) in [5.74, 6) is 0.368. The number of rotatable bonds is 3. The maximum atomic E-state index is 12.2. The predicted molar refractivity (Wildman–Crippen MR) is 88.9 cm³/mol. The number of fused-ring (bicyclic) bond motifs is 1. The number of hydrogen-bond acceptors (Lipinski definition) is 4. The second-order valence-electron chi connectivity index (χ2n) is 5.64. The zero-order valence-corrected chi connectivity index (χ0v) is 13.6. The van der Waals surface area contributed by atoms with Gasteiger partial charge in [0.1, 0.15) is 11.4 Å². The van der Waals surface area contributed by atoms with Gasteiger partial charge in [-0.25, -0.2) is 9.78 Å². The topological polar surface area (TPSA) is 102 Å². The Bertz CT molecular complexity index is 1060. The molecule has 24 heavy (non-hydrogen) atoms. The van der Waals surface area contributed by atoms with Gasteiger partial charge in [0.05, 0.1) is 11.0 Å². The molecule has 0 bridgehead atoms. The van der Waals surface area contributed by atoms with Crippen molar-refractivity contribution in [3.8, 4) is 0 Å². The summed E-state index contributed by atoms with van der Waals surface area (Å²) in [7, 11) is 3.41. The van der Waals surface area contributed by atoms with E-state index in [1.165, 1.54) is 13.2 Å². The molecule has 8 nitrogen and oxygen atoms in total. The highest BCUT2D eigenvalue weighted by atomic mass is 16.2. The Morgan fingerprint density at radius 3 is 2.79 bits per heavy atom. The summed E-state index contributed by atoms with van der Waals surface area (Å²) in [6.45, 7) is 2.18. The summed E-state index contributed by atoms with van der Waals surface area (Å²) >= 11 is 0. The molecule has 0 aliphatic rings. The molecule has 0 unspecified atom stereocenters. The minimum Gasteiger partial charge on any atom is -0.348 e. The average molecular weight is 327 g/mol. The first-order valence-electron chi connectivity index (χ1n) is 7.37. The van der Waals surface area contributed by atoms with E-state index in [9.17, 15) is 14.4 Å². The third kappa shape index (κ3) is 2.73. The molecule has 124 valence electrons. The molecular formula is C16H17N5O3. The first-order chi connectivity index (χ1) is 11.4. The van der Waals surface area contributed by atoms with Gasteiger partial charge in [0.15, 0.2) is 0 Å². The Morgan fingerprint density at radius 1 is 1.29 bits per heavy atom. The van der Waals surface area contributed by atoms with Crippen LogP contribution in [0.3, 0.4) is 0 Å². The number of amides is 1. The molecule has 1 amide bonds. The third-order valence-electron chi connectivity index (χ3n) is 3.97. The molecule has 2 heterocycles. The summed E-state index contributed by atoms with van der Waals surface area (Å²) in [6, 6.07) is 5.73. The van der Waals surface area contributed by atoms with Gasteiger partial charge in [0.2, 0.25) is 0 Å². The van der Waals surface area contributed by atoms with Crippen LogP contribution in [0.25, 0.3) is 11.0 Å². The number of carbonyl (C=O) groups excluding carboxylic acids is 1. The molecule has 0 spiro atoms. The Labute approximate surface area is 136 Å². The van der Waals surface area contributed by atoms with Gasteiger partial charge in [-0.15, -0.1) is 0 Å². The largest absolute Gasteiger partial charge is 0.348 e. The van der Waals surface area contributed by atoms with Gasteiger partial charge < -0.3 is 14.5 Å². The zero-order valence-electron chi connectivity index (χ0n) is 13.6. The van der Waals surface area contributed by atoms with Crippen molar-refractivity contribution in [3.05, 3.63) is 62.2 Å². The molecule has 8 heteroatoms. The molecule has 0 radical (unpaired) electrons. The number of aromatic amines is 1. The van der Waals surface area contributed by atoms with Crippen LogP contribution < -0.4 is 16.6 Å². The SMILES string of the molecule is Cc1nc2cc(CNC(=O)c3cn(C)c(=O)[nH]c3=O)ccc2n1C. The Morgan fingerprint density at radius 2 is 2.04 bits per heavy atom. The second kappa shape index (κ2) is 5.80. The fraction of sp³-hybridized carbons (Fsp3) is 0.250. The number of aryl methyl sites for hydroxylation is 3. The lowest BCUT2D eigenvalue weighted by Crippen LogP contribution is -2.35. The maximum Gasteiger partial charge on any atom is 0.328 e. The first-order valence-corrected chi connectivity index (χ1v) is 7.37. The van der Waals surface area contributed by atoms with Gasteiger partial charge in [0, 0.05) is 26.8 Å². The molecule has 2 N–H and O–H groups in total. The predicted octanol–water partition coefficient (Wildman–Crippen LogP) is 0.199. The van der Waals surface area contributed by atoms with Gasteiger partial charge in [-0.05, 0) is 24.6 Å². The van der Waals surface area contributed by atoms with Crippen LogP contribution in [0, 0.1) is 6.92 Å². The Balaban J connectivity index is 1.80. The van der Waals surface area contributed by atoms with Crippen LogP contribution in [0.5, 0.6) is 0 Å². The normalized spacial score (nSPS) is 11.0. The van der Waals surface area contributed by atoms with E-state index in [1.54, 1.807) is 0 Å². The highest BCUT2D eigenvalue weighted by Crippen LogP contribution is 2.16. The zero-order chi connectivity index (χ0) is 17.4. The minimum atomic E-state index is -0.702. The molecule has 3 rings (SSSR count). The molecule has 0 aliphatic heterocycles. The number of imidazole rings is 1. The van der Waals surface area contributed by atoms with Gasteiger partial charge in [-0.3, -0.25) is 14.6 Å². The number of aromatic nitrogens is 4. The molecular weight excluding hydrogens is 310 g/mol. The van der Waals surface area contributed by atoms with Gasteiger partial charge in [0.25, 0.3) is 11.5 Å². The summed E-state index contributed by atoms with van der Waals surface area (Å²) in [5, 5.41) is 2.68. The van der Waals surface area contributed by atoms with E-state index in [0.29, 0.717) is 0 Å². The van der Waals surface area contributed by atoms with E-state index in [1.807, 2.05) is 36.7 Å². The fourth-order valence-electron chi connectivity index (χ4n) is 2.48. The van der Waals surface area contributed by atoms with E-state index in [2.05, 4.69) is 15.3 Å². The van der Waals surface area contributed by atoms with E-state index in [0.717, 1.165) is 27.0 Å². The van der Waals surface area contributed by atoms with Crippen LogP contribution in [-0.2, 0) is 20.6 Å². The summed E-state index contributed by atoms with van der Waals surface area (Å²) < 4.78 is 3.14. The molecule has 0 saturated carbocycles. The average Bonchev–Trinajstić information content (AvgIpc) is 2.82. The third-order valence-corrected chi connectivity index (χ3v) is 3.97. The molecule has 1 aromatic carbocycles. The summed E-state index contributed by atoms with van der Waals surface area (Å²) in [5.41, 5.74) is 1.36. The lowest BCUT2D eigenvalue weighted by molar-refractivity contribution is 0.0948. The lowest BCUT2D eigenvalue weighted by atomic mass is 10.2. The van der Waals surface area contributed by atoms with Crippen molar-refractivity contribution < 1.29 is 4.79 Å². The van der Waals surface area contributed by atoms with Crippen molar-refractivity contribution in [2.75, 3.05) is 0 Å². The number of H-pyrrole nitrogens is 1. The highest BCUT2D eigenvalue weighted by Gasteiger charge is 2.12. The van der Waals surface area contributed by atoms with E-state index >= 15 is 0 Å². The summed E-state index contributed by atoms with van der Waals surface area (Å²) in [4.78, 5) is 41.7. The number of benzene rings is 1. The second-order valence-corrected chi connectivity index (χ2v) is 5.64. The standard InChI is InChI=1S/C16H17N5O3/c1-9-18-12-6-10(4-5-13(12)21(9)3)7-17-14(22)11-8-20(2)16(24)19-15(11)23/h4-6,8H,7H2,1-3H3,(H,17,22)(H,19,23,24). The van der Waals surface area contributed by atoms with Gasteiger partial charge in [-0.2, -0.15) is 0 Å². The molecule has 0 saturated heterocycles. The van der Waals surface area contributed by atoms with Crippen molar-refractivity contribution in [2.45, 2.75) is 13.5 Å². The number of carbonyl (C=O) groups is 1. The lowest BCUT2D eigenvalue weighted by Gasteiger charge is -2.06. The van der Waals surface area contributed by atoms with E-state index in [-0.39, 0.29) is 12.1 Å². The number of nitrogens with zero attached hydrogens (tertiary/aromatic N) is 3. The number of hydrogen-bond donors (Lipinski definition) is 2. The minimum absolute atomic E-state index is 0.105. The fourth-order valence-corrected chi connectivity index (χ4v) is 2.48. The van der Waals surface area contributed by atoms with E-state index in [4.69, 9.17) is 0 Å². The van der Waals surface area contributed by atoms with Crippen LogP contribution in [0.1, 0.15) is 21.7 Å². The van der Waals surface area contributed by atoms with Crippen molar-refractivity contribution in [1.29, 1.82) is 0 Å². The van der Waals surface area contributed by atoms with Crippen LogP contribution in [0.4, 0.5) is 0 Å². The highest BCUT2D eigenvalue weighted by molar-refractivity contribution is 5.93. The van der Waals surface area contributed by atoms with Crippen LogP contribution in [0.15, 0.2) is 34.0 Å². The first kappa shape index (κ1) is 15.7. The van der Waals surface area contributed by atoms with Gasteiger partial charge in [-0.1, -0.05) is 6.07 Å². The van der Waals surface area contributed by atoms with Gasteiger partial charge >= 0.3 is 5.69 Å². The molecule has 3 aromatic rings. The van der Waals surface area contributed by atoms with Crippen LogP contribution in [0.2, 0.25) is 0 Å². The molecule has 2 aromatic heterocycles.